The van der Waals surface area contributed by atoms with Crippen LogP contribution in [0.25, 0.3) is 66.7 Å². The number of fused-ring (bicyclic) bond motifs is 3. The van der Waals surface area contributed by atoms with E-state index >= 15 is 0 Å². The number of hydrogen-bond acceptors (Lipinski definition) is 3. The number of para-hydroxylation sites is 2. The Bertz CT molecular complexity index is 2810. The minimum atomic E-state index is -2.34. The summed E-state index contributed by atoms with van der Waals surface area (Å²) in [7, 11) is 0. The first kappa shape index (κ1) is 24.9. The van der Waals surface area contributed by atoms with E-state index in [1.807, 2.05) is 99.6 Å². The zero-order valence-electron chi connectivity index (χ0n) is 39.9. The molecule has 8 aromatic rings. The van der Waals surface area contributed by atoms with Gasteiger partial charge in [0, 0.05) is 69.5 Å². The second kappa shape index (κ2) is 15.6. The van der Waals surface area contributed by atoms with Crippen molar-refractivity contribution < 1.29 is 39.6 Å². The molecule has 0 aliphatic rings. The standard InChI is InChI=1S/C35H31NO.C13H12N.Ir/c1-23-20-26(25-10-6-5-7-11-25)16-17-27(23)28-12-8-13-29-30-14-9-15-31(34(30)37-33(28)29)32-21-24(18-19-36-32)22-35(2,3)4;1-10-3-6-12(7-4-10)13-8-5-11(2)9-14-13;/h5-21H,22H2,1-4H3;3-6,8-9H,1-2H3;/q;-1;/i1D3,22D2;1D3,2D3;. The van der Waals surface area contributed by atoms with Crippen molar-refractivity contribution in [3.8, 4) is 44.8 Å². The van der Waals surface area contributed by atoms with Crippen molar-refractivity contribution in [3.63, 3.8) is 0 Å². The number of aromatic nitrogens is 2. The molecule has 0 N–H and O–H groups in total. The summed E-state index contributed by atoms with van der Waals surface area (Å²) in [5.74, 6) is 0. The SMILES string of the molecule is [2H]C([2H])([2H])c1c[c-]c(-c2ccc(C([2H])([2H])[2H])cn2)cc1.[2H]C([2H])([2H])c1cc(-c2ccccc2)ccc1-c1cccc2c1oc1c(-c3cc(C([2H])([2H])C(C)(C)C)ccn3)cccc12.[Ir]. The van der Waals surface area contributed by atoms with Gasteiger partial charge in [0.15, 0.2) is 0 Å². The van der Waals surface area contributed by atoms with Gasteiger partial charge in [-0.1, -0.05) is 119 Å². The predicted octanol–water partition coefficient (Wildman–Crippen LogP) is 13.0. The molecule has 0 unspecified atom stereocenters. The number of pyridine rings is 2. The van der Waals surface area contributed by atoms with Crippen LogP contribution in [-0.4, -0.2) is 9.97 Å². The largest absolute Gasteiger partial charge is 0.455 e. The van der Waals surface area contributed by atoms with E-state index in [2.05, 4.69) is 16.0 Å². The van der Waals surface area contributed by atoms with Gasteiger partial charge in [0.25, 0.3) is 0 Å². The molecule has 0 saturated heterocycles. The van der Waals surface area contributed by atoms with E-state index in [-0.39, 0.29) is 36.8 Å². The minimum absolute atomic E-state index is 0. The van der Waals surface area contributed by atoms with Crippen molar-refractivity contribution in [2.24, 2.45) is 5.41 Å². The van der Waals surface area contributed by atoms with E-state index in [4.69, 9.17) is 19.5 Å². The number of benzene rings is 5. The van der Waals surface area contributed by atoms with Crippen LogP contribution in [0.15, 0.2) is 144 Å². The third kappa shape index (κ3) is 8.15. The van der Waals surface area contributed by atoms with Crippen molar-refractivity contribution >= 4 is 21.9 Å². The molecular weight excluding hydrogens is 813 g/mol. The van der Waals surface area contributed by atoms with Crippen LogP contribution < -0.4 is 0 Å². The number of hydrogen-bond donors (Lipinski definition) is 0. The van der Waals surface area contributed by atoms with E-state index < -0.39 is 32.3 Å². The van der Waals surface area contributed by atoms with Crippen molar-refractivity contribution in [1.82, 2.24) is 9.97 Å². The van der Waals surface area contributed by atoms with Gasteiger partial charge in [-0.25, -0.2) is 0 Å². The smallest absolute Gasteiger partial charge is 0.144 e. The fourth-order valence-corrected chi connectivity index (χ4v) is 6.05. The molecule has 8 rings (SSSR count). The molecule has 0 aliphatic carbocycles. The summed E-state index contributed by atoms with van der Waals surface area (Å²) in [5, 5.41) is 1.75. The van der Waals surface area contributed by atoms with E-state index in [0.29, 0.717) is 44.8 Å². The average Bonchev–Trinajstić information content (AvgIpc) is 3.62. The molecule has 1 radical (unpaired) electrons. The normalized spacial score (nSPS) is 15.3. The summed E-state index contributed by atoms with van der Waals surface area (Å²) >= 11 is 0. The fraction of sp³-hybridized carbons (Fsp3) is 0.167. The van der Waals surface area contributed by atoms with Crippen molar-refractivity contribution in [2.75, 3.05) is 0 Å². The topological polar surface area (TPSA) is 38.9 Å². The van der Waals surface area contributed by atoms with Gasteiger partial charge in [0.05, 0.1) is 5.69 Å². The van der Waals surface area contributed by atoms with Gasteiger partial charge in [-0.2, -0.15) is 0 Å². The summed E-state index contributed by atoms with van der Waals surface area (Å²) < 4.78 is 92.8. The van der Waals surface area contributed by atoms with E-state index in [0.717, 1.165) is 27.5 Å². The molecule has 3 aromatic heterocycles. The van der Waals surface area contributed by atoms with Gasteiger partial charge in [-0.15, -0.1) is 35.4 Å². The molecule has 3 heterocycles. The zero-order chi connectivity index (χ0) is 44.8. The molecule has 0 saturated carbocycles. The molecule has 0 atom stereocenters. The van der Waals surface area contributed by atoms with Crippen LogP contribution in [0, 0.1) is 32.0 Å². The van der Waals surface area contributed by atoms with E-state index in [1.54, 1.807) is 36.5 Å². The maximum absolute atomic E-state index is 8.76. The zero-order valence-corrected chi connectivity index (χ0v) is 31.3. The summed E-state index contributed by atoms with van der Waals surface area (Å²) in [6.07, 6.45) is 1.36. The summed E-state index contributed by atoms with van der Waals surface area (Å²) in [4.78, 5) is 8.67. The third-order valence-corrected chi connectivity index (χ3v) is 8.35. The van der Waals surface area contributed by atoms with Gasteiger partial charge in [0.1, 0.15) is 11.2 Å². The Balaban J connectivity index is 0.000000265. The van der Waals surface area contributed by atoms with Gasteiger partial charge < -0.3 is 9.40 Å². The van der Waals surface area contributed by atoms with Crippen LogP contribution in [0.4, 0.5) is 0 Å². The van der Waals surface area contributed by atoms with Crippen molar-refractivity contribution in [2.45, 2.75) is 47.7 Å². The van der Waals surface area contributed by atoms with Gasteiger partial charge >= 0.3 is 0 Å². The second-order valence-corrected chi connectivity index (χ2v) is 13.3. The number of rotatable bonds is 5. The number of aryl methyl sites for hydroxylation is 3. The molecule has 0 bridgehead atoms. The molecule has 52 heavy (non-hydrogen) atoms. The molecule has 0 amide bonds. The quantitative estimate of drug-likeness (QED) is 0.162. The Labute approximate surface area is 336 Å². The maximum Gasteiger partial charge on any atom is 0.144 e. The molecular formula is C48H43IrN2O-. The monoisotopic (exact) mass is 867 g/mol. The Morgan fingerprint density at radius 1 is 0.654 bits per heavy atom. The number of furan rings is 1. The maximum atomic E-state index is 8.76. The van der Waals surface area contributed by atoms with Crippen LogP contribution in [-0.2, 0) is 26.5 Å². The van der Waals surface area contributed by atoms with Crippen LogP contribution in [0.1, 0.15) is 58.1 Å². The summed E-state index contributed by atoms with van der Waals surface area (Å²) in [6.45, 7) is -1.03. The molecule has 3 nitrogen and oxygen atoms in total. The van der Waals surface area contributed by atoms with E-state index in [1.165, 1.54) is 24.4 Å². The first-order valence-corrected chi connectivity index (χ1v) is 16.6. The van der Waals surface area contributed by atoms with Crippen LogP contribution in [0.3, 0.4) is 0 Å². The predicted molar refractivity (Wildman–Crippen MR) is 214 cm³/mol. The Morgan fingerprint density at radius 3 is 2.08 bits per heavy atom. The third-order valence-electron chi connectivity index (χ3n) is 8.35. The molecule has 0 spiro atoms. The van der Waals surface area contributed by atoms with Crippen molar-refractivity contribution in [1.29, 1.82) is 0 Å². The number of nitrogens with zero attached hydrogens (tertiary/aromatic N) is 2. The molecule has 4 heteroatoms. The Kier molecular flexibility index (Phi) is 7.49. The van der Waals surface area contributed by atoms with Crippen molar-refractivity contribution in [3.05, 3.63) is 168 Å². The Morgan fingerprint density at radius 2 is 1.40 bits per heavy atom. The second-order valence-electron chi connectivity index (χ2n) is 13.3. The van der Waals surface area contributed by atoms with Crippen LogP contribution in [0.2, 0.25) is 0 Å². The van der Waals surface area contributed by atoms with Gasteiger partial charge in [-0.3, -0.25) is 4.98 Å². The van der Waals surface area contributed by atoms with Gasteiger partial charge in [0.2, 0.25) is 0 Å². The first-order valence-electron chi connectivity index (χ1n) is 22.1. The molecule has 0 fully saturated rings. The van der Waals surface area contributed by atoms with Gasteiger partial charge in [-0.05, 0) is 82.8 Å². The molecule has 5 aromatic carbocycles. The van der Waals surface area contributed by atoms with E-state index in [9.17, 15) is 0 Å². The average molecular weight is 867 g/mol. The Hall–Kier alpha value is -5.15. The summed E-state index contributed by atoms with van der Waals surface area (Å²) in [5.41, 5.74) is 7.41. The van der Waals surface area contributed by atoms with Crippen LogP contribution >= 0.6 is 0 Å². The molecule has 0 aliphatic heterocycles. The minimum Gasteiger partial charge on any atom is -0.455 e. The molecule has 261 valence electrons. The first-order chi connectivity index (χ1) is 29.0. The van der Waals surface area contributed by atoms with Crippen LogP contribution in [0.5, 0.6) is 0 Å². The summed E-state index contributed by atoms with van der Waals surface area (Å²) in [6, 6.07) is 40.9. The fourth-order valence-electron chi connectivity index (χ4n) is 6.05.